The number of anilines is 1. The van der Waals surface area contributed by atoms with E-state index in [1.54, 1.807) is 30.3 Å². The van der Waals surface area contributed by atoms with Crippen LogP contribution in [0.1, 0.15) is 30.5 Å². The summed E-state index contributed by atoms with van der Waals surface area (Å²) in [5.74, 6) is -0.748. The largest absolute Gasteiger partial charge is 0.495 e. The van der Waals surface area contributed by atoms with E-state index in [1.807, 2.05) is 51.1 Å². The third kappa shape index (κ3) is 8.99. The molecule has 4 aromatic carbocycles. The summed E-state index contributed by atoms with van der Waals surface area (Å²) in [7, 11) is -2.87. The molecule has 0 aliphatic heterocycles. The third-order valence-corrected chi connectivity index (χ3v) is 10.2. The number of methoxy groups -OCH3 is 1. The molecule has 0 bridgehead atoms. The molecule has 0 saturated carbocycles. The SMILES string of the molecule is COc1ccc(N(CC(=O)N(Cc2c(Cl)cccc2Cl)C(Cc2ccccc2)C(=O)NC(C)C)S(=O)(=O)c2ccc(C)cc2)cc1Cl. The Balaban J connectivity index is 1.86. The van der Waals surface area contributed by atoms with Crippen LogP contribution in [0.4, 0.5) is 5.69 Å². The molecule has 47 heavy (non-hydrogen) atoms. The van der Waals surface area contributed by atoms with Gasteiger partial charge >= 0.3 is 0 Å². The Kier molecular flexibility index (Phi) is 12.2. The molecule has 0 aromatic heterocycles. The van der Waals surface area contributed by atoms with Gasteiger partial charge < -0.3 is 15.0 Å². The van der Waals surface area contributed by atoms with Crippen molar-refractivity contribution >= 4 is 62.3 Å². The van der Waals surface area contributed by atoms with E-state index in [2.05, 4.69) is 5.32 Å². The van der Waals surface area contributed by atoms with Crippen LogP contribution in [-0.4, -0.2) is 50.9 Å². The normalized spacial score (nSPS) is 12.0. The van der Waals surface area contributed by atoms with E-state index in [4.69, 9.17) is 39.5 Å². The summed E-state index contributed by atoms with van der Waals surface area (Å²) in [5, 5.41) is 3.66. The maximum atomic E-state index is 14.6. The minimum Gasteiger partial charge on any atom is -0.495 e. The Bertz CT molecular complexity index is 1800. The number of rotatable bonds is 13. The molecular formula is C35H36Cl3N3O5S. The lowest BCUT2D eigenvalue weighted by Crippen LogP contribution is -2.54. The highest BCUT2D eigenvalue weighted by molar-refractivity contribution is 7.92. The van der Waals surface area contributed by atoms with Crippen molar-refractivity contribution in [2.75, 3.05) is 18.0 Å². The molecule has 1 atom stereocenters. The Hall–Kier alpha value is -3.76. The summed E-state index contributed by atoms with van der Waals surface area (Å²) >= 11 is 19.6. The van der Waals surface area contributed by atoms with Gasteiger partial charge in [0.1, 0.15) is 18.3 Å². The fraction of sp³-hybridized carbons (Fsp3) is 0.257. The first-order chi connectivity index (χ1) is 22.3. The van der Waals surface area contributed by atoms with Crippen molar-refractivity contribution in [3.05, 3.63) is 123 Å². The lowest BCUT2D eigenvalue weighted by atomic mass is 10.0. The van der Waals surface area contributed by atoms with Gasteiger partial charge in [-0.3, -0.25) is 13.9 Å². The van der Waals surface area contributed by atoms with Crippen molar-refractivity contribution in [1.29, 1.82) is 0 Å². The summed E-state index contributed by atoms with van der Waals surface area (Å²) < 4.78 is 34.7. The first-order valence-corrected chi connectivity index (χ1v) is 17.4. The Morgan fingerprint density at radius 3 is 2.06 bits per heavy atom. The van der Waals surface area contributed by atoms with Gasteiger partial charge in [0.15, 0.2) is 0 Å². The number of carbonyl (C=O) groups excluding carboxylic acids is 2. The number of amides is 2. The number of nitrogens with one attached hydrogen (secondary N) is 1. The Labute approximate surface area is 291 Å². The molecule has 0 radical (unpaired) electrons. The standard InChI is InChI=1S/C35H36Cl3N3O5S/c1-23(2)39-35(43)32(19-25-9-6-5-7-10-25)40(21-28-29(36)11-8-12-30(28)37)34(42)22-41(26-15-18-33(46-4)31(38)20-26)47(44,45)27-16-13-24(3)14-17-27/h5-18,20,23,32H,19,21-22H2,1-4H3,(H,39,43). The summed E-state index contributed by atoms with van der Waals surface area (Å²) in [6, 6.07) is 23.7. The van der Waals surface area contributed by atoms with Gasteiger partial charge in [-0.05, 0) is 68.8 Å². The van der Waals surface area contributed by atoms with Gasteiger partial charge in [0.05, 0.1) is 22.7 Å². The van der Waals surface area contributed by atoms with Crippen molar-refractivity contribution in [3.8, 4) is 5.75 Å². The minimum atomic E-state index is -4.32. The molecule has 0 saturated heterocycles. The summed E-state index contributed by atoms with van der Waals surface area (Å²) in [6.45, 7) is 4.65. The zero-order chi connectivity index (χ0) is 34.3. The van der Waals surface area contributed by atoms with Crippen LogP contribution in [0.15, 0.2) is 95.9 Å². The van der Waals surface area contributed by atoms with Crippen molar-refractivity contribution in [2.24, 2.45) is 0 Å². The maximum absolute atomic E-state index is 14.6. The average Bonchev–Trinajstić information content (AvgIpc) is 3.03. The Morgan fingerprint density at radius 2 is 1.49 bits per heavy atom. The number of carbonyl (C=O) groups is 2. The van der Waals surface area contributed by atoms with Crippen LogP contribution in [0.3, 0.4) is 0 Å². The van der Waals surface area contributed by atoms with Crippen molar-refractivity contribution < 1.29 is 22.7 Å². The second-order valence-electron chi connectivity index (χ2n) is 11.2. The van der Waals surface area contributed by atoms with Crippen LogP contribution in [0.25, 0.3) is 0 Å². The van der Waals surface area contributed by atoms with Crippen molar-refractivity contribution in [2.45, 2.75) is 50.7 Å². The first kappa shape index (κ1) is 36.1. The number of halogens is 3. The van der Waals surface area contributed by atoms with Crippen LogP contribution in [-0.2, 0) is 32.6 Å². The number of benzene rings is 4. The predicted octanol–water partition coefficient (Wildman–Crippen LogP) is 7.32. The molecule has 248 valence electrons. The zero-order valence-corrected chi connectivity index (χ0v) is 29.5. The van der Waals surface area contributed by atoms with E-state index < -0.39 is 34.4 Å². The van der Waals surface area contributed by atoms with Gasteiger partial charge in [-0.2, -0.15) is 0 Å². The highest BCUT2D eigenvalue weighted by Gasteiger charge is 2.35. The quantitative estimate of drug-likeness (QED) is 0.157. The number of nitrogens with zero attached hydrogens (tertiary/aromatic N) is 2. The van der Waals surface area contributed by atoms with Crippen LogP contribution in [0.2, 0.25) is 15.1 Å². The molecule has 0 aliphatic carbocycles. The fourth-order valence-electron chi connectivity index (χ4n) is 4.97. The lowest BCUT2D eigenvalue weighted by Gasteiger charge is -2.34. The zero-order valence-electron chi connectivity index (χ0n) is 26.4. The highest BCUT2D eigenvalue weighted by atomic mass is 35.5. The second-order valence-corrected chi connectivity index (χ2v) is 14.3. The lowest BCUT2D eigenvalue weighted by molar-refractivity contribution is -0.140. The molecule has 2 amide bonds. The van der Waals surface area contributed by atoms with Crippen molar-refractivity contribution in [1.82, 2.24) is 10.2 Å². The molecule has 4 rings (SSSR count). The van der Waals surface area contributed by atoms with Crippen LogP contribution < -0.4 is 14.4 Å². The smallest absolute Gasteiger partial charge is 0.264 e. The van der Waals surface area contributed by atoms with E-state index in [1.165, 1.54) is 42.3 Å². The third-order valence-electron chi connectivity index (χ3n) is 7.40. The van der Waals surface area contributed by atoms with Gasteiger partial charge in [0.2, 0.25) is 11.8 Å². The molecule has 0 spiro atoms. The number of ether oxygens (including phenoxy) is 1. The van der Waals surface area contributed by atoms with Crippen LogP contribution in [0.5, 0.6) is 5.75 Å². The van der Waals surface area contributed by atoms with Crippen LogP contribution >= 0.6 is 34.8 Å². The van der Waals surface area contributed by atoms with Gasteiger partial charge in [-0.1, -0.05) is 88.9 Å². The van der Waals surface area contributed by atoms with Gasteiger partial charge in [0, 0.05) is 34.6 Å². The molecule has 0 aliphatic rings. The second kappa shape index (κ2) is 15.9. The predicted molar refractivity (Wildman–Crippen MR) is 188 cm³/mol. The number of aryl methyl sites for hydroxylation is 1. The van der Waals surface area contributed by atoms with Gasteiger partial charge in [-0.25, -0.2) is 8.42 Å². The molecule has 0 fully saturated rings. The average molecular weight is 717 g/mol. The summed E-state index contributed by atoms with van der Waals surface area (Å²) in [4.78, 5) is 29.8. The van der Waals surface area contributed by atoms with E-state index in [-0.39, 0.29) is 34.6 Å². The van der Waals surface area contributed by atoms with Crippen LogP contribution in [0, 0.1) is 6.92 Å². The molecular weight excluding hydrogens is 681 g/mol. The minimum absolute atomic E-state index is 0.0260. The molecule has 0 heterocycles. The van der Waals surface area contributed by atoms with E-state index >= 15 is 0 Å². The Morgan fingerprint density at radius 1 is 0.851 bits per heavy atom. The number of sulfonamides is 1. The number of hydrogen-bond acceptors (Lipinski definition) is 5. The van der Waals surface area contributed by atoms with Crippen molar-refractivity contribution in [3.63, 3.8) is 0 Å². The molecule has 1 N–H and O–H groups in total. The molecule has 1 unspecified atom stereocenters. The monoisotopic (exact) mass is 715 g/mol. The van der Waals surface area contributed by atoms with E-state index in [0.717, 1.165) is 15.4 Å². The molecule has 4 aromatic rings. The topological polar surface area (TPSA) is 96.0 Å². The number of hydrogen-bond donors (Lipinski definition) is 1. The van der Waals surface area contributed by atoms with E-state index in [0.29, 0.717) is 21.4 Å². The van der Waals surface area contributed by atoms with Gasteiger partial charge in [-0.15, -0.1) is 0 Å². The van der Waals surface area contributed by atoms with E-state index in [9.17, 15) is 18.0 Å². The fourth-order valence-corrected chi connectivity index (χ4v) is 7.14. The first-order valence-electron chi connectivity index (χ1n) is 14.8. The van der Waals surface area contributed by atoms with Gasteiger partial charge in [0.25, 0.3) is 10.0 Å². The maximum Gasteiger partial charge on any atom is 0.264 e. The summed E-state index contributed by atoms with van der Waals surface area (Å²) in [5.41, 5.74) is 2.21. The molecule has 12 heteroatoms. The highest BCUT2D eigenvalue weighted by Crippen LogP contribution is 2.33. The summed E-state index contributed by atoms with van der Waals surface area (Å²) in [6.07, 6.45) is 0.145. The molecule has 8 nitrogen and oxygen atoms in total.